The number of likely N-dealkylation sites (tertiary alicyclic amines) is 1. The zero-order chi connectivity index (χ0) is 22.9. The molecule has 2 aliphatic rings. The van der Waals surface area contributed by atoms with Crippen LogP contribution >= 0.6 is 0 Å². The van der Waals surface area contributed by atoms with Gasteiger partial charge in [-0.1, -0.05) is 18.2 Å². The van der Waals surface area contributed by atoms with E-state index in [4.69, 9.17) is 9.97 Å². The molecule has 1 saturated heterocycles. The van der Waals surface area contributed by atoms with Crippen LogP contribution in [0.5, 0.6) is 0 Å². The number of imidazole rings is 1. The van der Waals surface area contributed by atoms with Crippen molar-refractivity contribution in [1.82, 2.24) is 34.6 Å². The van der Waals surface area contributed by atoms with Crippen LogP contribution in [0.4, 0.5) is 4.79 Å². The van der Waals surface area contributed by atoms with E-state index in [1.54, 1.807) is 0 Å². The van der Waals surface area contributed by atoms with Crippen molar-refractivity contribution < 1.29 is 4.79 Å². The molecular formula is C25H31N7O. The Morgan fingerprint density at radius 1 is 1.09 bits per heavy atom. The summed E-state index contributed by atoms with van der Waals surface area (Å²) in [5.41, 5.74) is 5.50. The summed E-state index contributed by atoms with van der Waals surface area (Å²) in [6.07, 6.45) is 6.80. The van der Waals surface area contributed by atoms with Gasteiger partial charge in [-0.2, -0.15) is 0 Å². The molecule has 4 heterocycles. The quantitative estimate of drug-likeness (QED) is 0.667. The lowest BCUT2D eigenvalue weighted by atomic mass is 10.0. The van der Waals surface area contributed by atoms with E-state index < -0.39 is 0 Å². The molecule has 8 nitrogen and oxygen atoms in total. The fourth-order valence-electron chi connectivity index (χ4n) is 4.74. The largest absolute Gasteiger partial charge is 0.337 e. The van der Waals surface area contributed by atoms with Gasteiger partial charge in [-0.25, -0.2) is 14.8 Å². The molecule has 0 atom stereocenters. The van der Waals surface area contributed by atoms with Gasteiger partial charge in [-0.15, -0.1) is 0 Å². The van der Waals surface area contributed by atoms with Crippen molar-refractivity contribution in [3.8, 4) is 11.5 Å². The predicted octanol–water partition coefficient (Wildman–Crippen LogP) is 3.56. The van der Waals surface area contributed by atoms with Gasteiger partial charge in [0.15, 0.2) is 5.82 Å². The van der Waals surface area contributed by atoms with Crippen LogP contribution < -0.4 is 0 Å². The van der Waals surface area contributed by atoms with Crippen molar-refractivity contribution in [1.29, 1.82) is 0 Å². The van der Waals surface area contributed by atoms with Crippen molar-refractivity contribution in [3.05, 3.63) is 47.9 Å². The lowest BCUT2D eigenvalue weighted by molar-refractivity contribution is 0.122. The molecule has 0 unspecified atom stereocenters. The number of aromatic nitrogens is 4. The van der Waals surface area contributed by atoms with Gasteiger partial charge in [0, 0.05) is 32.2 Å². The Balaban J connectivity index is 1.29. The van der Waals surface area contributed by atoms with Crippen LogP contribution in [0.25, 0.3) is 28.1 Å². The minimum Gasteiger partial charge on any atom is -0.337 e. The maximum atomic E-state index is 13.0. The summed E-state index contributed by atoms with van der Waals surface area (Å²) in [5, 5.41) is 0. The molecule has 8 heteroatoms. The zero-order valence-electron chi connectivity index (χ0n) is 19.6. The highest BCUT2D eigenvalue weighted by Crippen LogP contribution is 2.26. The molecule has 33 heavy (non-hydrogen) atoms. The van der Waals surface area contributed by atoms with Crippen LogP contribution in [0.1, 0.15) is 30.7 Å². The molecular weight excluding hydrogens is 414 g/mol. The average molecular weight is 446 g/mol. The number of fused-ring (bicyclic) bond motifs is 1. The SMILES string of the molecule is Cc1ncc(C2=CCN(C(=O)N3CCC(N(C)C)CC3)CC2)nc1-c1nc2ccccc2[nH]1. The molecule has 1 N–H and O–H groups in total. The maximum Gasteiger partial charge on any atom is 0.320 e. The van der Waals surface area contributed by atoms with Crippen molar-refractivity contribution >= 4 is 22.6 Å². The highest BCUT2D eigenvalue weighted by Gasteiger charge is 2.28. The van der Waals surface area contributed by atoms with E-state index >= 15 is 0 Å². The van der Waals surface area contributed by atoms with Gasteiger partial charge in [0.1, 0.15) is 5.69 Å². The number of aromatic amines is 1. The summed E-state index contributed by atoms with van der Waals surface area (Å²) in [5.74, 6) is 0.734. The summed E-state index contributed by atoms with van der Waals surface area (Å²) in [6, 6.07) is 8.69. The molecule has 0 spiro atoms. The molecule has 1 aromatic carbocycles. The number of nitrogens with zero attached hydrogens (tertiary/aromatic N) is 6. The molecule has 0 saturated carbocycles. The third-order valence-corrected chi connectivity index (χ3v) is 6.84. The van der Waals surface area contributed by atoms with Crippen LogP contribution in [0, 0.1) is 6.92 Å². The normalized spacial score (nSPS) is 17.6. The number of amides is 2. The Morgan fingerprint density at radius 3 is 2.58 bits per heavy atom. The zero-order valence-corrected chi connectivity index (χ0v) is 19.6. The second kappa shape index (κ2) is 8.94. The topological polar surface area (TPSA) is 81.2 Å². The highest BCUT2D eigenvalue weighted by atomic mass is 16.2. The molecule has 5 rings (SSSR count). The Morgan fingerprint density at radius 2 is 1.88 bits per heavy atom. The molecule has 0 radical (unpaired) electrons. The van der Waals surface area contributed by atoms with Crippen LogP contribution in [-0.2, 0) is 0 Å². The van der Waals surface area contributed by atoms with Crippen molar-refractivity contribution in [2.45, 2.75) is 32.2 Å². The number of H-pyrrole nitrogens is 1. The number of hydrogen-bond acceptors (Lipinski definition) is 5. The number of urea groups is 1. The number of carbonyl (C=O) groups excluding carboxylic acids is 1. The van der Waals surface area contributed by atoms with E-state index in [0.717, 1.165) is 71.9 Å². The van der Waals surface area contributed by atoms with E-state index in [1.165, 1.54) is 0 Å². The Kier molecular flexibility index (Phi) is 5.85. The number of piperidine rings is 1. The van der Waals surface area contributed by atoms with Gasteiger partial charge >= 0.3 is 6.03 Å². The van der Waals surface area contributed by atoms with Crippen LogP contribution in [0.2, 0.25) is 0 Å². The summed E-state index contributed by atoms with van der Waals surface area (Å²) in [6.45, 7) is 4.93. The van der Waals surface area contributed by atoms with Gasteiger partial charge in [-0.05, 0) is 58.0 Å². The average Bonchev–Trinajstić information content (AvgIpc) is 3.28. The van der Waals surface area contributed by atoms with Crippen molar-refractivity contribution in [3.63, 3.8) is 0 Å². The first-order chi connectivity index (χ1) is 16.0. The number of carbonyl (C=O) groups is 1. The Bertz CT molecular complexity index is 1160. The number of hydrogen-bond donors (Lipinski definition) is 1. The second-order valence-electron chi connectivity index (χ2n) is 9.18. The second-order valence-corrected chi connectivity index (χ2v) is 9.18. The summed E-state index contributed by atoms with van der Waals surface area (Å²) in [7, 11) is 4.24. The van der Waals surface area contributed by atoms with E-state index in [1.807, 2.05) is 47.2 Å². The van der Waals surface area contributed by atoms with Gasteiger partial charge in [0.05, 0.1) is 28.6 Å². The minimum absolute atomic E-state index is 0.153. The monoisotopic (exact) mass is 445 g/mol. The molecule has 0 bridgehead atoms. The van der Waals surface area contributed by atoms with Crippen molar-refractivity contribution in [2.24, 2.45) is 0 Å². The van der Waals surface area contributed by atoms with E-state index in [0.29, 0.717) is 19.1 Å². The number of benzene rings is 1. The summed E-state index contributed by atoms with van der Waals surface area (Å²) >= 11 is 0. The maximum absolute atomic E-state index is 13.0. The fourth-order valence-corrected chi connectivity index (χ4v) is 4.74. The molecule has 2 aliphatic heterocycles. The van der Waals surface area contributed by atoms with Crippen LogP contribution in [0.3, 0.4) is 0 Å². The Hall–Kier alpha value is -3.26. The predicted molar refractivity (Wildman–Crippen MR) is 130 cm³/mol. The minimum atomic E-state index is 0.153. The van der Waals surface area contributed by atoms with Crippen molar-refractivity contribution in [2.75, 3.05) is 40.3 Å². The molecule has 2 aromatic heterocycles. The number of rotatable bonds is 3. The van der Waals surface area contributed by atoms with Gasteiger partial charge < -0.3 is 19.7 Å². The number of aryl methyl sites for hydroxylation is 1. The highest BCUT2D eigenvalue weighted by molar-refractivity contribution is 5.79. The molecule has 1 fully saturated rings. The smallest absolute Gasteiger partial charge is 0.320 e. The molecule has 3 aromatic rings. The summed E-state index contributed by atoms with van der Waals surface area (Å²) < 4.78 is 0. The van der Waals surface area contributed by atoms with Crippen LogP contribution in [-0.4, -0.2) is 87.0 Å². The standard InChI is InChI=1S/C25H31N7O/c1-17-23(24-28-20-6-4-5-7-21(20)29-24)27-22(16-26-17)18-8-12-31(13-9-18)25(33)32-14-10-19(11-15-32)30(2)3/h4-8,16,19H,9-15H2,1-3H3,(H,28,29). The lowest BCUT2D eigenvalue weighted by Crippen LogP contribution is -2.50. The lowest BCUT2D eigenvalue weighted by Gasteiger charge is -2.38. The Labute approximate surface area is 194 Å². The van der Waals surface area contributed by atoms with Gasteiger partial charge in [0.25, 0.3) is 0 Å². The van der Waals surface area contributed by atoms with Gasteiger partial charge in [0.2, 0.25) is 0 Å². The van der Waals surface area contributed by atoms with E-state index in [2.05, 4.69) is 35.0 Å². The van der Waals surface area contributed by atoms with Gasteiger partial charge in [-0.3, -0.25) is 4.98 Å². The summed E-state index contributed by atoms with van der Waals surface area (Å²) in [4.78, 5) is 36.8. The number of para-hydroxylation sites is 2. The molecule has 172 valence electrons. The first kappa shape index (κ1) is 21.6. The van der Waals surface area contributed by atoms with E-state index in [-0.39, 0.29) is 6.03 Å². The third-order valence-electron chi connectivity index (χ3n) is 6.84. The first-order valence-corrected chi connectivity index (χ1v) is 11.7. The molecule has 2 amide bonds. The van der Waals surface area contributed by atoms with Crippen LogP contribution in [0.15, 0.2) is 36.5 Å². The number of nitrogens with one attached hydrogen (secondary N) is 1. The molecule has 0 aliphatic carbocycles. The van der Waals surface area contributed by atoms with E-state index in [9.17, 15) is 4.79 Å². The first-order valence-electron chi connectivity index (χ1n) is 11.7. The third kappa shape index (κ3) is 4.35. The fraction of sp³-hybridized carbons (Fsp3) is 0.440.